The monoisotopic (exact) mass is 239 g/mol. The number of fused-ring (bicyclic) bond motifs is 1. The van der Waals surface area contributed by atoms with Crippen molar-refractivity contribution in [3.05, 3.63) is 54.4 Å². The van der Waals surface area contributed by atoms with Crippen molar-refractivity contribution >= 4 is 11.0 Å². The van der Waals surface area contributed by atoms with Gasteiger partial charge >= 0.3 is 0 Å². The molecule has 3 rings (SSSR count). The summed E-state index contributed by atoms with van der Waals surface area (Å²) in [7, 11) is 0. The lowest BCUT2D eigenvalue weighted by molar-refractivity contribution is 0.0192. The van der Waals surface area contributed by atoms with E-state index in [1.54, 1.807) is 12.4 Å². The molecule has 1 radical (unpaired) electrons. The van der Waals surface area contributed by atoms with Gasteiger partial charge in [0, 0.05) is 18.8 Å². The van der Waals surface area contributed by atoms with Gasteiger partial charge in [-0.3, -0.25) is 4.98 Å². The molecule has 2 heterocycles. The minimum absolute atomic E-state index is 0.348. The van der Waals surface area contributed by atoms with Gasteiger partial charge in [-0.25, -0.2) is 9.79 Å². The van der Waals surface area contributed by atoms with Crippen LogP contribution in [0.15, 0.2) is 48.8 Å². The molecule has 0 aliphatic heterocycles. The smallest absolute Gasteiger partial charge is 0.190 e. The van der Waals surface area contributed by atoms with Crippen LogP contribution in [0.2, 0.25) is 0 Å². The molecule has 1 aromatic carbocycles. The van der Waals surface area contributed by atoms with Gasteiger partial charge in [0.2, 0.25) is 0 Å². The highest BCUT2D eigenvalue weighted by Gasteiger charge is 2.14. The molecule has 0 N–H and O–H groups in total. The van der Waals surface area contributed by atoms with Crippen molar-refractivity contribution in [3.8, 4) is 0 Å². The first-order valence-electron chi connectivity index (χ1n) is 5.69. The van der Waals surface area contributed by atoms with Crippen LogP contribution in [-0.4, -0.2) is 20.0 Å². The van der Waals surface area contributed by atoms with E-state index in [2.05, 4.69) is 15.3 Å². The summed E-state index contributed by atoms with van der Waals surface area (Å²) in [5.74, 6) is 0. The molecule has 0 aliphatic carbocycles. The van der Waals surface area contributed by atoms with E-state index in [4.69, 9.17) is 0 Å². The molecule has 1 atom stereocenters. The average Bonchev–Trinajstić information content (AvgIpc) is 2.84. The molecule has 0 amide bonds. The normalized spacial score (nSPS) is 12.7. The Bertz CT molecular complexity index is 650. The Balaban J connectivity index is 1.90. The maximum Gasteiger partial charge on any atom is 0.190 e. The summed E-state index contributed by atoms with van der Waals surface area (Å²) in [5.41, 5.74) is 2.41. The molecule has 5 heteroatoms. The van der Waals surface area contributed by atoms with E-state index in [0.717, 1.165) is 16.6 Å². The van der Waals surface area contributed by atoms with Crippen molar-refractivity contribution in [3.63, 3.8) is 0 Å². The molecule has 0 fully saturated rings. The molecule has 18 heavy (non-hydrogen) atoms. The zero-order valence-electron chi connectivity index (χ0n) is 9.60. The van der Waals surface area contributed by atoms with Crippen molar-refractivity contribution in [1.29, 1.82) is 0 Å². The summed E-state index contributed by atoms with van der Waals surface area (Å²) in [6.07, 6.45) is 2.75. The maximum atomic E-state index is 12.2. The second kappa shape index (κ2) is 4.54. The van der Waals surface area contributed by atoms with Gasteiger partial charge in [0.05, 0.1) is 5.52 Å². The molecular weight excluding hydrogens is 228 g/mol. The summed E-state index contributed by atoms with van der Waals surface area (Å²) in [6.45, 7) is 0. The van der Waals surface area contributed by atoms with E-state index in [0.29, 0.717) is 6.42 Å². The number of hydrogen-bond acceptors (Lipinski definition) is 3. The van der Waals surface area contributed by atoms with Crippen molar-refractivity contribution in [2.24, 2.45) is 0 Å². The van der Waals surface area contributed by atoms with E-state index in [1.807, 2.05) is 36.4 Å². The fraction of sp³-hybridized carbons (Fsp3) is 0.154. The molecule has 3 aromatic rings. The van der Waals surface area contributed by atoms with Gasteiger partial charge in [0.15, 0.2) is 6.23 Å². The Morgan fingerprint density at radius 1 is 1.17 bits per heavy atom. The molecule has 0 aliphatic rings. The van der Waals surface area contributed by atoms with Gasteiger partial charge in [0.25, 0.3) is 0 Å². The highest BCUT2D eigenvalue weighted by molar-refractivity contribution is 5.73. The first-order chi connectivity index (χ1) is 8.84. The van der Waals surface area contributed by atoms with Crippen LogP contribution in [0, 0.1) is 0 Å². The van der Waals surface area contributed by atoms with E-state index in [9.17, 15) is 5.11 Å². The zero-order chi connectivity index (χ0) is 12.4. The van der Waals surface area contributed by atoms with Crippen LogP contribution >= 0.6 is 0 Å². The minimum atomic E-state index is -0.985. The third-order valence-corrected chi connectivity index (χ3v) is 2.78. The SMILES string of the molecule is [O]C(Cc1cccnc1)n1nnc2ccccc21. The molecule has 5 nitrogen and oxygen atoms in total. The minimum Gasteiger partial charge on any atom is -0.264 e. The highest BCUT2D eigenvalue weighted by Crippen LogP contribution is 2.17. The number of rotatable bonds is 3. The Morgan fingerprint density at radius 2 is 2.06 bits per heavy atom. The standard InChI is InChI=1S/C13H11N4O/c18-13(8-10-4-3-7-14-9-10)17-12-6-2-1-5-11(12)15-16-17/h1-7,9,13H,8H2. The summed E-state index contributed by atoms with van der Waals surface area (Å²) < 4.78 is 1.42. The van der Waals surface area contributed by atoms with Crippen LogP contribution in [0.5, 0.6) is 0 Å². The quantitative estimate of drug-likeness (QED) is 0.702. The Morgan fingerprint density at radius 3 is 2.89 bits per heavy atom. The van der Waals surface area contributed by atoms with E-state index in [1.165, 1.54) is 4.68 Å². The number of pyridine rings is 1. The fourth-order valence-electron chi connectivity index (χ4n) is 1.91. The number of para-hydroxylation sites is 1. The van der Waals surface area contributed by atoms with Crippen LogP contribution < -0.4 is 0 Å². The van der Waals surface area contributed by atoms with Crippen LogP contribution in [0.3, 0.4) is 0 Å². The lowest BCUT2D eigenvalue weighted by Crippen LogP contribution is -2.11. The molecule has 0 spiro atoms. The van der Waals surface area contributed by atoms with Gasteiger partial charge in [-0.05, 0) is 23.8 Å². The number of hydrogen-bond donors (Lipinski definition) is 0. The van der Waals surface area contributed by atoms with Crippen LogP contribution in [0.1, 0.15) is 11.8 Å². The molecule has 89 valence electrons. The average molecular weight is 239 g/mol. The summed E-state index contributed by atoms with van der Waals surface area (Å²) in [6, 6.07) is 11.2. The van der Waals surface area contributed by atoms with Gasteiger partial charge < -0.3 is 0 Å². The van der Waals surface area contributed by atoms with E-state index in [-0.39, 0.29) is 0 Å². The lowest BCUT2D eigenvalue weighted by Gasteiger charge is -2.08. The van der Waals surface area contributed by atoms with E-state index < -0.39 is 6.23 Å². The van der Waals surface area contributed by atoms with Crippen LogP contribution in [-0.2, 0) is 11.5 Å². The molecule has 2 aromatic heterocycles. The van der Waals surface area contributed by atoms with E-state index >= 15 is 0 Å². The fourth-order valence-corrected chi connectivity index (χ4v) is 1.91. The highest BCUT2D eigenvalue weighted by atomic mass is 16.3. The zero-order valence-corrected chi connectivity index (χ0v) is 9.60. The largest absolute Gasteiger partial charge is 0.264 e. The van der Waals surface area contributed by atoms with Gasteiger partial charge in [-0.1, -0.05) is 23.4 Å². The molecular formula is C13H11N4O. The van der Waals surface area contributed by atoms with Gasteiger partial charge in [-0.15, -0.1) is 5.10 Å². The number of aromatic nitrogens is 4. The topological polar surface area (TPSA) is 63.5 Å². The number of benzene rings is 1. The van der Waals surface area contributed by atoms with Crippen molar-refractivity contribution < 1.29 is 5.11 Å². The predicted octanol–water partition coefficient (Wildman–Crippen LogP) is 2.00. The van der Waals surface area contributed by atoms with Crippen LogP contribution in [0.25, 0.3) is 11.0 Å². The predicted molar refractivity (Wildman–Crippen MR) is 65.2 cm³/mol. The second-order valence-corrected chi connectivity index (χ2v) is 4.04. The third-order valence-electron chi connectivity index (χ3n) is 2.78. The van der Waals surface area contributed by atoms with Crippen molar-refractivity contribution in [1.82, 2.24) is 20.0 Å². The Hall–Kier alpha value is -2.27. The first-order valence-corrected chi connectivity index (χ1v) is 5.69. The summed E-state index contributed by atoms with van der Waals surface area (Å²) in [5, 5.41) is 20.1. The molecule has 0 saturated heterocycles. The first kappa shape index (κ1) is 10.9. The molecule has 0 saturated carbocycles. The lowest BCUT2D eigenvalue weighted by atomic mass is 10.2. The molecule has 0 bridgehead atoms. The van der Waals surface area contributed by atoms with Gasteiger partial charge in [0.1, 0.15) is 5.52 Å². The second-order valence-electron chi connectivity index (χ2n) is 4.04. The summed E-state index contributed by atoms with van der Waals surface area (Å²) >= 11 is 0. The van der Waals surface area contributed by atoms with Crippen LogP contribution in [0.4, 0.5) is 0 Å². The maximum absolute atomic E-state index is 12.2. The Labute approximate surface area is 104 Å². The third kappa shape index (κ3) is 1.96. The Kier molecular flexibility index (Phi) is 2.74. The number of nitrogens with zero attached hydrogens (tertiary/aromatic N) is 4. The van der Waals surface area contributed by atoms with Crippen molar-refractivity contribution in [2.45, 2.75) is 12.6 Å². The molecule has 1 unspecified atom stereocenters. The van der Waals surface area contributed by atoms with Gasteiger partial charge in [-0.2, -0.15) is 0 Å². The van der Waals surface area contributed by atoms with Crippen molar-refractivity contribution in [2.75, 3.05) is 0 Å². The summed E-state index contributed by atoms with van der Waals surface area (Å²) in [4.78, 5) is 4.00.